The van der Waals surface area contributed by atoms with E-state index in [-0.39, 0.29) is 11.5 Å². The van der Waals surface area contributed by atoms with Crippen LogP contribution in [0.4, 0.5) is 0 Å². The lowest BCUT2D eigenvalue weighted by Crippen LogP contribution is -2.56. The molecule has 5 rings (SSSR count). The minimum atomic E-state index is -0.222. The van der Waals surface area contributed by atoms with Crippen LogP contribution in [0.25, 0.3) is 0 Å². The molecule has 9 nitrogen and oxygen atoms in total. The fraction of sp³-hybridized carbons (Fsp3) is 0.680. The maximum Gasteiger partial charge on any atom is 0.319 e. The van der Waals surface area contributed by atoms with E-state index in [9.17, 15) is 4.79 Å². The zero-order chi connectivity index (χ0) is 23.4. The van der Waals surface area contributed by atoms with Crippen molar-refractivity contribution in [3.63, 3.8) is 0 Å². The van der Waals surface area contributed by atoms with Crippen molar-refractivity contribution in [1.29, 1.82) is 0 Å². The SMILES string of the molecule is COC(=O)CN1CCC(c2nnnn2Cc2ccccc2)(N2CCCN(C3CCC3)CC2)CC1. The topological polar surface area (TPSA) is 79.6 Å². The summed E-state index contributed by atoms with van der Waals surface area (Å²) in [6.07, 6.45) is 7.06. The molecule has 1 aromatic heterocycles. The lowest BCUT2D eigenvalue weighted by Gasteiger charge is -2.47. The number of tetrazole rings is 1. The van der Waals surface area contributed by atoms with Crippen molar-refractivity contribution in [2.75, 3.05) is 52.9 Å². The summed E-state index contributed by atoms with van der Waals surface area (Å²) in [4.78, 5) is 19.5. The van der Waals surface area contributed by atoms with E-state index in [4.69, 9.17) is 4.74 Å². The minimum absolute atomic E-state index is 0.174. The number of nitrogens with zero attached hydrogens (tertiary/aromatic N) is 7. The van der Waals surface area contributed by atoms with Crippen LogP contribution in [-0.4, -0.2) is 99.8 Å². The lowest BCUT2D eigenvalue weighted by molar-refractivity contribution is -0.142. The summed E-state index contributed by atoms with van der Waals surface area (Å²) in [6, 6.07) is 11.2. The van der Waals surface area contributed by atoms with E-state index < -0.39 is 0 Å². The van der Waals surface area contributed by atoms with Crippen molar-refractivity contribution in [3.05, 3.63) is 41.7 Å². The first-order valence-corrected chi connectivity index (χ1v) is 12.8. The van der Waals surface area contributed by atoms with Crippen LogP contribution in [0, 0.1) is 0 Å². The Balaban J connectivity index is 1.39. The Kier molecular flexibility index (Phi) is 7.22. The van der Waals surface area contributed by atoms with Gasteiger partial charge in [0, 0.05) is 38.8 Å². The fourth-order valence-corrected chi connectivity index (χ4v) is 5.89. The molecule has 2 saturated heterocycles. The fourth-order valence-electron chi connectivity index (χ4n) is 5.89. The number of likely N-dealkylation sites (tertiary alicyclic amines) is 1. The van der Waals surface area contributed by atoms with E-state index in [2.05, 4.69) is 54.5 Å². The van der Waals surface area contributed by atoms with Gasteiger partial charge in [0.05, 0.1) is 25.7 Å². The number of carbonyl (C=O) groups excluding carboxylic acids is 1. The second-order valence-corrected chi connectivity index (χ2v) is 9.99. The summed E-state index contributed by atoms with van der Waals surface area (Å²) in [5, 5.41) is 13.2. The van der Waals surface area contributed by atoms with Crippen LogP contribution in [0.3, 0.4) is 0 Å². The number of piperidine rings is 1. The van der Waals surface area contributed by atoms with Gasteiger partial charge in [0.2, 0.25) is 0 Å². The monoisotopic (exact) mass is 467 g/mol. The third kappa shape index (κ3) is 4.87. The molecule has 2 aliphatic heterocycles. The summed E-state index contributed by atoms with van der Waals surface area (Å²) in [5.41, 5.74) is 0.974. The first-order valence-electron chi connectivity index (χ1n) is 12.8. The maximum absolute atomic E-state index is 11.9. The molecule has 1 saturated carbocycles. The number of methoxy groups -OCH3 is 1. The van der Waals surface area contributed by atoms with Crippen LogP contribution in [0.5, 0.6) is 0 Å². The number of ether oxygens (including phenoxy) is 1. The average Bonchev–Trinajstić information content (AvgIpc) is 3.16. The number of hydrogen-bond acceptors (Lipinski definition) is 8. The van der Waals surface area contributed by atoms with Crippen LogP contribution < -0.4 is 0 Å². The molecule has 34 heavy (non-hydrogen) atoms. The highest BCUT2D eigenvalue weighted by Crippen LogP contribution is 2.39. The van der Waals surface area contributed by atoms with Crippen LogP contribution in [-0.2, 0) is 21.6 Å². The minimum Gasteiger partial charge on any atom is -0.468 e. The largest absolute Gasteiger partial charge is 0.468 e. The molecule has 2 aromatic rings. The Morgan fingerprint density at radius 3 is 2.53 bits per heavy atom. The maximum atomic E-state index is 11.9. The van der Waals surface area contributed by atoms with Gasteiger partial charge in [-0.1, -0.05) is 36.8 Å². The van der Waals surface area contributed by atoms with Gasteiger partial charge in [0.25, 0.3) is 0 Å². The average molecular weight is 468 g/mol. The molecular formula is C25H37N7O2. The van der Waals surface area contributed by atoms with Gasteiger partial charge in [-0.15, -0.1) is 5.10 Å². The molecule has 3 heterocycles. The van der Waals surface area contributed by atoms with Gasteiger partial charge >= 0.3 is 5.97 Å². The summed E-state index contributed by atoms with van der Waals surface area (Å²) in [6.45, 7) is 7.05. The number of hydrogen-bond donors (Lipinski definition) is 0. The van der Waals surface area contributed by atoms with E-state index in [1.165, 1.54) is 44.9 Å². The number of carbonyl (C=O) groups is 1. The Labute approximate surface area is 202 Å². The standard InChI is InChI=1S/C25H37N7O2/c1-34-23(33)20-29-15-11-25(12-16-29,31-14-6-13-30(17-18-31)22-9-5-10-22)24-26-27-28-32(24)19-21-7-3-2-4-8-21/h2-4,7-8,22H,5-6,9-20H2,1H3. The highest BCUT2D eigenvalue weighted by molar-refractivity contribution is 5.71. The van der Waals surface area contributed by atoms with Crippen LogP contribution in [0.2, 0.25) is 0 Å². The van der Waals surface area contributed by atoms with Gasteiger partial charge < -0.3 is 4.74 Å². The zero-order valence-corrected chi connectivity index (χ0v) is 20.3. The first-order chi connectivity index (χ1) is 16.7. The first kappa shape index (κ1) is 23.4. The summed E-state index contributed by atoms with van der Waals surface area (Å²) >= 11 is 0. The Bertz CT molecular complexity index is 938. The molecule has 3 aliphatic rings. The quantitative estimate of drug-likeness (QED) is 0.570. The van der Waals surface area contributed by atoms with Crippen LogP contribution >= 0.6 is 0 Å². The highest BCUT2D eigenvalue weighted by atomic mass is 16.5. The molecule has 0 bridgehead atoms. The van der Waals surface area contributed by atoms with Gasteiger partial charge in [-0.3, -0.25) is 19.5 Å². The number of esters is 1. The van der Waals surface area contributed by atoms with Crippen molar-refractivity contribution in [2.45, 2.75) is 56.7 Å². The molecular weight excluding hydrogens is 430 g/mol. The lowest BCUT2D eigenvalue weighted by atomic mass is 9.84. The smallest absolute Gasteiger partial charge is 0.319 e. The van der Waals surface area contributed by atoms with Crippen molar-refractivity contribution in [2.24, 2.45) is 0 Å². The van der Waals surface area contributed by atoms with Crippen LogP contribution in [0.15, 0.2) is 30.3 Å². The second kappa shape index (κ2) is 10.5. The van der Waals surface area contributed by atoms with Gasteiger partial charge in [-0.25, -0.2) is 4.68 Å². The normalized spacial score (nSPS) is 22.7. The number of aromatic nitrogens is 4. The van der Waals surface area contributed by atoms with E-state index in [1.807, 2.05) is 10.7 Å². The van der Waals surface area contributed by atoms with Gasteiger partial charge in [0.15, 0.2) is 5.82 Å². The van der Waals surface area contributed by atoms with Gasteiger partial charge in [0.1, 0.15) is 0 Å². The highest BCUT2D eigenvalue weighted by Gasteiger charge is 2.46. The molecule has 1 aromatic carbocycles. The molecule has 0 N–H and O–H groups in total. The number of benzene rings is 1. The summed E-state index contributed by atoms with van der Waals surface area (Å²) in [5.74, 6) is 0.790. The summed E-state index contributed by atoms with van der Waals surface area (Å²) < 4.78 is 6.91. The molecule has 184 valence electrons. The Morgan fingerprint density at radius 2 is 1.82 bits per heavy atom. The van der Waals surface area contributed by atoms with Crippen LogP contribution in [0.1, 0.15) is 49.9 Å². The van der Waals surface area contributed by atoms with E-state index in [0.29, 0.717) is 13.1 Å². The molecule has 0 atom stereocenters. The molecule has 0 amide bonds. The van der Waals surface area contributed by atoms with Crippen molar-refractivity contribution in [3.8, 4) is 0 Å². The van der Waals surface area contributed by atoms with Gasteiger partial charge in [-0.05, 0) is 54.6 Å². The Morgan fingerprint density at radius 1 is 1.03 bits per heavy atom. The predicted octanol–water partition coefficient (Wildman–Crippen LogP) is 1.75. The molecule has 0 radical (unpaired) electrons. The Hall–Kier alpha value is -2.36. The van der Waals surface area contributed by atoms with Crippen molar-refractivity contribution in [1.82, 2.24) is 34.9 Å². The molecule has 0 unspecified atom stereocenters. The zero-order valence-electron chi connectivity index (χ0n) is 20.3. The molecule has 9 heteroatoms. The third-order valence-electron chi connectivity index (χ3n) is 8.11. The molecule has 1 aliphatic carbocycles. The van der Waals surface area contributed by atoms with Gasteiger partial charge in [-0.2, -0.15) is 0 Å². The second-order valence-electron chi connectivity index (χ2n) is 9.99. The van der Waals surface area contributed by atoms with E-state index in [1.54, 1.807) is 0 Å². The summed E-state index contributed by atoms with van der Waals surface area (Å²) in [7, 11) is 1.46. The molecule has 0 spiro atoms. The van der Waals surface area contributed by atoms with Crippen molar-refractivity contribution >= 4 is 5.97 Å². The predicted molar refractivity (Wildman–Crippen MR) is 128 cm³/mol. The van der Waals surface area contributed by atoms with E-state index >= 15 is 0 Å². The number of rotatable bonds is 7. The van der Waals surface area contributed by atoms with E-state index in [0.717, 1.165) is 57.4 Å². The third-order valence-corrected chi connectivity index (χ3v) is 8.11. The van der Waals surface area contributed by atoms with Crippen molar-refractivity contribution < 1.29 is 9.53 Å². The molecule has 3 fully saturated rings.